The fourth-order valence-corrected chi connectivity index (χ4v) is 3.54. The molecule has 0 radical (unpaired) electrons. The molecule has 0 amide bonds. The van der Waals surface area contributed by atoms with Gasteiger partial charge in [-0.15, -0.1) is 0 Å². The Morgan fingerprint density at radius 1 is 1.04 bits per heavy atom. The average Bonchev–Trinajstić information content (AvgIpc) is 2.54. The highest BCUT2D eigenvalue weighted by Gasteiger charge is 2.19. The van der Waals surface area contributed by atoms with E-state index in [1.807, 2.05) is 24.3 Å². The van der Waals surface area contributed by atoms with Crippen LogP contribution in [0.2, 0.25) is 5.02 Å². The number of pyridine rings is 1. The van der Waals surface area contributed by atoms with Gasteiger partial charge in [-0.2, -0.15) is 0 Å². The Bertz CT molecular complexity index is 743. The lowest BCUT2D eigenvalue weighted by Crippen LogP contribution is -2.17. The van der Waals surface area contributed by atoms with Crippen LogP contribution >= 0.6 is 11.6 Å². The minimum absolute atomic E-state index is 0.0467. The van der Waals surface area contributed by atoms with Crippen molar-refractivity contribution in [3.05, 3.63) is 59.2 Å². The van der Waals surface area contributed by atoms with Crippen LogP contribution in [-0.4, -0.2) is 24.9 Å². The summed E-state index contributed by atoms with van der Waals surface area (Å²) in [7, 11) is -3.63. The molecule has 0 atom stereocenters. The number of Topliss-reactive ketones (excluding diaryl/α,β-unsaturated/α-hetero) is 1. The van der Waals surface area contributed by atoms with Crippen molar-refractivity contribution >= 4 is 27.2 Å². The monoisotopic (exact) mass is 351 g/mol. The van der Waals surface area contributed by atoms with E-state index in [0.29, 0.717) is 11.4 Å². The maximum atomic E-state index is 12.0. The van der Waals surface area contributed by atoms with E-state index in [2.05, 4.69) is 4.98 Å². The van der Waals surface area contributed by atoms with Crippen LogP contribution in [0, 0.1) is 0 Å². The molecule has 0 N–H and O–H groups in total. The molecule has 1 aromatic heterocycles. The molecular weight excluding hydrogens is 334 g/mol. The zero-order chi connectivity index (χ0) is 16.7. The van der Waals surface area contributed by atoms with Crippen molar-refractivity contribution < 1.29 is 13.2 Å². The van der Waals surface area contributed by atoms with Crippen LogP contribution < -0.4 is 0 Å². The molecular formula is C17H18ClNO3S. The first-order valence-electron chi connectivity index (χ1n) is 7.37. The minimum Gasteiger partial charge on any atom is -0.299 e. The average molecular weight is 352 g/mol. The summed E-state index contributed by atoms with van der Waals surface area (Å²) in [4.78, 5) is 15.7. The molecule has 0 aliphatic carbocycles. The van der Waals surface area contributed by atoms with Gasteiger partial charge in [-0.1, -0.05) is 29.8 Å². The van der Waals surface area contributed by atoms with E-state index in [9.17, 15) is 13.2 Å². The molecule has 0 saturated carbocycles. The van der Waals surface area contributed by atoms with Crippen molar-refractivity contribution in [1.82, 2.24) is 4.98 Å². The quantitative estimate of drug-likeness (QED) is 0.683. The molecule has 0 unspecified atom stereocenters. The molecule has 1 heterocycles. The molecule has 6 heteroatoms. The number of carbonyl (C=O) groups excluding carboxylic acids is 1. The number of rotatable bonds is 8. The molecule has 2 aromatic rings. The van der Waals surface area contributed by atoms with Crippen LogP contribution in [0.1, 0.15) is 24.8 Å². The van der Waals surface area contributed by atoms with Gasteiger partial charge < -0.3 is 0 Å². The molecule has 0 aliphatic heterocycles. The Labute approximate surface area is 141 Å². The third kappa shape index (κ3) is 5.77. The number of sulfone groups is 1. The standard InChI is InChI=1S/C17H18ClNO3S/c18-15-10-8-14(9-11-15)5-1-2-6-16(20)13-23(21,22)17-7-3-4-12-19-17/h3-4,7-12H,1-2,5-6,13H2. The highest BCUT2D eigenvalue weighted by atomic mass is 35.5. The van der Waals surface area contributed by atoms with Gasteiger partial charge in [0.1, 0.15) is 11.5 Å². The van der Waals surface area contributed by atoms with Crippen molar-refractivity contribution in [2.45, 2.75) is 30.7 Å². The maximum Gasteiger partial charge on any atom is 0.202 e. The molecule has 23 heavy (non-hydrogen) atoms. The minimum atomic E-state index is -3.63. The third-order valence-electron chi connectivity index (χ3n) is 3.39. The van der Waals surface area contributed by atoms with Gasteiger partial charge in [0.25, 0.3) is 0 Å². The number of halogens is 1. The van der Waals surface area contributed by atoms with Crippen LogP contribution in [0.5, 0.6) is 0 Å². The number of nitrogens with zero attached hydrogens (tertiary/aromatic N) is 1. The van der Waals surface area contributed by atoms with E-state index in [4.69, 9.17) is 11.6 Å². The number of ketones is 1. The predicted octanol–water partition coefficient (Wildman–Crippen LogP) is 3.49. The second kappa shape index (κ2) is 8.22. The smallest absolute Gasteiger partial charge is 0.202 e. The summed E-state index contributed by atoms with van der Waals surface area (Å²) in [5.41, 5.74) is 1.16. The van der Waals surface area contributed by atoms with Gasteiger partial charge in [-0.25, -0.2) is 13.4 Å². The summed E-state index contributed by atoms with van der Waals surface area (Å²) >= 11 is 5.82. The van der Waals surface area contributed by atoms with Crippen molar-refractivity contribution in [2.75, 3.05) is 5.75 Å². The Balaban J connectivity index is 1.76. The van der Waals surface area contributed by atoms with Crippen molar-refractivity contribution in [2.24, 2.45) is 0 Å². The first-order valence-corrected chi connectivity index (χ1v) is 9.40. The number of hydrogen-bond acceptors (Lipinski definition) is 4. The van der Waals surface area contributed by atoms with Crippen molar-refractivity contribution in [3.63, 3.8) is 0 Å². The van der Waals surface area contributed by atoms with Gasteiger partial charge in [0.05, 0.1) is 0 Å². The normalized spacial score (nSPS) is 11.3. The molecule has 0 saturated heterocycles. The number of unbranched alkanes of at least 4 members (excludes halogenated alkanes) is 1. The Morgan fingerprint density at radius 2 is 1.78 bits per heavy atom. The highest BCUT2D eigenvalue weighted by Crippen LogP contribution is 2.13. The van der Waals surface area contributed by atoms with Crippen molar-refractivity contribution in [1.29, 1.82) is 0 Å². The van der Waals surface area contributed by atoms with Crippen LogP contribution in [-0.2, 0) is 21.1 Å². The van der Waals surface area contributed by atoms with Crippen LogP contribution in [0.3, 0.4) is 0 Å². The van der Waals surface area contributed by atoms with Gasteiger partial charge in [0.15, 0.2) is 5.03 Å². The first-order chi connectivity index (χ1) is 11.0. The van der Waals surface area contributed by atoms with E-state index in [-0.39, 0.29) is 17.2 Å². The number of hydrogen-bond donors (Lipinski definition) is 0. The van der Waals surface area contributed by atoms with Gasteiger partial charge >= 0.3 is 0 Å². The highest BCUT2D eigenvalue weighted by molar-refractivity contribution is 7.92. The summed E-state index contributed by atoms with van der Waals surface area (Å²) in [6.45, 7) is 0. The molecule has 0 bridgehead atoms. The van der Waals surface area contributed by atoms with Crippen LogP contribution in [0.15, 0.2) is 53.7 Å². The van der Waals surface area contributed by atoms with E-state index in [1.54, 1.807) is 12.1 Å². The Morgan fingerprint density at radius 3 is 2.43 bits per heavy atom. The number of benzene rings is 1. The van der Waals surface area contributed by atoms with Crippen LogP contribution in [0.25, 0.3) is 0 Å². The zero-order valence-corrected chi connectivity index (χ0v) is 14.2. The molecule has 0 aliphatic rings. The Kier molecular flexibility index (Phi) is 6.30. The van der Waals surface area contributed by atoms with E-state index in [0.717, 1.165) is 18.4 Å². The lowest BCUT2D eigenvalue weighted by Gasteiger charge is -2.04. The summed E-state index contributed by atoms with van der Waals surface area (Å²) < 4.78 is 24.1. The fourth-order valence-electron chi connectivity index (χ4n) is 2.19. The molecule has 1 aromatic carbocycles. The number of aryl methyl sites for hydroxylation is 1. The van der Waals surface area contributed by atoms with E-state index < -0.39 is 15.6 Å². The van der Waals surface area contributed by atoms with E-state index >= 15 is 0 Å². The summed E-state index contributed by atoms with van der Waals surface area (Å²) in [6.07, 6.45) is 4.01. The molecule has 0 spiro atoms. The summed E-state index contributed by atoms with van der Waals surface area (Å²) in [5, 5.41) is 0.651. The number of carbonyl (C=O) groups is 1. The molecule has 122 valence electrons. The van der Waals surface area contributed by atoms with Gasteiger partial charge in [-0.3, -0.25) is 4.79 Å². The SMILES string of the molecule is O=C(CCCCc1ccc(Cl)cc1)CS(=O)(=O)c1ccccn1. The lowest BCUT2D eigenvalue weighted by atomic mass is 10.1. The topological polar surface area (TPSA) is 64.1 Å². The predicted molar refractivity (Wildman–Crippen MR) is 90.3 cm³/mol. The fraction of sp³-hybridized carbons (Fsp3) is 0.294. The lowest BCUT2D eigenvalue weighted by molar-refractivity contribution is -0.116. The van der Waals surface area contributed by atoms with Crippen molar-refractivity contribution in [3.8, 4) is 0 Å². The second-order valence-corrected chi connectivity index (χ2v) is 7.67. The van der Waals surface area contributed by atoms with E-state index in [1.165, 1.54) is 12.3 Å². The van der Waals surface area contributed by atoms with Gasteiger partial charge in [0, 0.05) is 17.6 Å². The molecule has 0 fully saturated rings. The maximum absolute atomic E-state index is 12.0. The zero-order valence-electron chi connectivity index (χ0n) is 12.6. The third-order valence-corrected chi connectivity index (χ3v) is 5.22. The number of aromatic nitrogens is 1. The van der Waals surface area contributed by atoms with Gasteiger partial charge in [-0.05, 0) is 49.1 Å². The summed E-state index contributed by atoms with van der Waals surface area (Å²) in [6, 6.07) is 12.2. The molecule has 2 rings (SSSR count). The van der Waals surface area contributed by atoms with Gasteiger partial charge in [0.2, 0.25) is 9.84 Å². The largest absolute Gasteiger partial charge is 0.299 e. The Hall–Kier alpha value is -1.72. The molecule has 4 nitrogen and oxygen atoms in total. The second-order valence-electron chi connectivity index (χ2n) is 5.30. The first kappa shape index (κ1) is 17.6. The van der Waals surface area contributed by atoms with Crippen LogP contribution in [0.4, 0.5) is 0 Å². The summed E-state index contributed by atoms with van der Waals surface area (Å²) in [5.74, 6) is -0.753.